The van der Waals surface area contributed by atoms with Crippen molar-refractivity contribution in [2.45, 2.75) is 38.4 Å². The molecule has 0 radical (unpaired) electrons. The minimum absolute atomic E-state index is 0.142. The molecule has 1 heterocycles. The quantitative estimate of drug-likeness (QED) is 0.866. The Morgan fingerprint density at radius 2 is 2.00 bits per heavy atom. The Balaban J connectivity index is 1.58. The van der Waals surface area contributed by atoms with Crippen LogP contribution in [0.2, 0.25) is 0 Å². The summed E-state index contributed by atoms with van der Waals surface area (Å²) in [5.74, 6) is -0.899. The Bertz CT molecular complexity index is 586. The summed E-state index contributed by atoms with van der Waals surface area (Å²) in [5.41, 5.74) is -0.114. The third-order valence-corrected chi connectivity index (χ3v) is 4.61. The summed E-state index contributed by atoms with van der Waals surface area (Å²) < 4.78 is 11.0. The van der Waals surface area contributed by atoms with Crippen LogP contribution in [0.15, 0.2) is 30.3 Å². The van der Waals surface area contributed by atoms with Gasteiger partial charge in [0.1, 0.15) is 12.0 Å². The van der Waals surface area contributed by atoms with E-state index in [9.17, 15) is 14.7 Å². The minimum Gasteiger partial charge on any atom is -0.481 e. The standard InChI is InChI=1S/C18H23NO5/c20-16(21)18(13-24-15-7-8-15)9-4-10-19(12-18)17(22)23-11-14-5-2-1-3-6-14/h1-3,5-6,15H,4,7-13H2,(H,20,21). The predicted octanol–water partition coefficient (Wildman–Crippen LogP) is 2.67. The van der Waals surface area contributed by atoms with E-state index in [-0.39, 0.29) is 25.9 Å². The number of benzene rings is 1. The van der Waals surface area contributed by atoms with Crippen LogP contribution in [-0.2, 0) is 20.9 Å². The van der Waals surface area contributed by atoms with E-state index in [0.29, 0.717) is 19.4 Å². The van der Waals surface area contributed by atoms with E-state index in [1.807, 2.05) is 30.3 Å². The number of carbonyl (C=O) groups is 2. The molecule has 24 heavy (non-hydrogen) atoms. The van der Waals surface area contributed by atoms with E-state index >= 15 is 0 Å². The average molecular weight is 333 g/mol. The molecular weight excluding hydrogens is 310 g/mol. The van der Waals surface area contributed by atoms with Gasteiger partial charge in [-0.05, 0) is 31.2 Å². The number of carboxylic acid groups (broad SMARTS) is 1. The van der Waals surface area contributed by atoms with Crippen LogP contribution in [0.3, 0.4) is 0 Å². The van der Waals surface area contributed by atoms with E-state index in [2.05, 4.69) is 0 Å². The smallest absolute Gasteiger partial charge is 0.410 e. The van der Waals surface area contributed by atoms with E-state index < -0.39 is 17.5 Å². The number of aliphatic carboxylic acids is 1. The minimum atomic E-state index is -1.02. The lowest BCUT2D eigenvalue weighted by Crippen LogP contribution is -2.52. The first-order chi connectivity index (χ1) is 11.6. The number of likely N-dealkylation sites (tertiary alicyclic amines) is 1. The van der Waals surface area contributed by atoms with Gasteiger partial charge in [-0.1, -0.05) is 30.3 Å². The Morgan fingerprint density at radius 3 is 2.67 bits per heavy atom. The molecule has 1 N–H and O–H groups in total. The molecule has 1 saturated carbocycles. The molecular formula is C18H23NO5. The number of carbonyl (C=O) groups excluding carboxylic acids is 1. The van der Waals surface area contributed by atoms with Gasteiger partial charge in [-0.2, -0.15) is 0 Å². The Kier molecular flexibility index (Phi) is 5.04. The molecule has 1 saturated heterocycles. The predicted molar refractivity (Wildman–Crippen MR) is 86.5 cm³/mol. The summed E-state index contributed by atoms with van der Waals surface area (Å²) in [6.45, 7) is 1.01. The van der Waals surface area contributed by atoms with Gasteiger partial charge in [0, 0.05) is 13.1 Å². The molecule has 1 unspecified atom stereocenters. The van der Waals surface area contributed by atoms with Crippen molar-refractivity contribution >= 4 is 12.1 Å². The van der Waals surface area contributed by atoms with Crippen LogP contribution in [0, 0.1) is 5.41 Å². The molecule has 6 nitrogen and oxygen atoms in total. The normalized spacial score (nSPS) is 23.8. The Morgan fingerprint density at radius 1 is 1.25 bits per heavy atom. The highest BCUT2D eigenvalue weighted by Crippen LogP contribution is 2.34. The summed E-state index contributed by atoms with van der Waals surface area (Å²) in [6.07, 6.45) is 2.90. The zero-order valence-electron chi connectivity index (χ0n) is 13.6. The molecule has 1 aliphatic carbocycles. The van der Waals surface area contributed by atoms with Gasteiger partial charge < -0.3 is 19.5 Å². The maximum atomic E-state index is 12.3. The first kappa shape index (κ1) is 16.8. The van der Waals surface area contributed by atoms with Gasteiger partial charge in [0.2, 0.25) is 0 Å². The zero-order valence-corrected chi connectivity index (χ0v) is 13.6. The highest BCUT2D eigenvalue weighted by molar-refractivity contribution is 5.77. The van der Waals surface area contributed by atoms with Crippen LogP contribution >= 0.6 is 0 Å². The van der Waals surface area contributed by atoms with E-state index in [1.54, 1.807) is 0 Å². The first-order valence-electron chi connectivity index (χ1n) is 8.40. The number of hydrogen-bond donors (Lipinski definition) is 1. The second-order valence-electron chi connectivity index (χ2n) is 6.66. The maximum Gasteiger partial charge on any atom is 0.410 e. The van der Waals surface area contributed by atoms with Crippen molar-refractivity contribution in [3.8, 4) is 0 Å². The van der Waals surface area contributed by atoms with Crippen LogP contribution in [0.4, 0.5) is 4.79 Å². The van der Waals surface area contributed by atoms with Crippen molar-refractivity contribution in [1.82, 2.24) is 4.90 Å². The molecule has 130 valence electrons. The third-order valence-electron chi connectivity index (χ3n) is 4.61. The van der Waals surface area contributed by atoms with Gasteiger partial charge in [0.15, 0.2) is 0 Å². The third kappa shape index (κ3) is 4.06. The fourth-order valence-electron chi connectivity index (χ4n) is 2.96. The van der Waals surface area contributed by atoms with E-state index in [0.717, 1.165) is 18.4 Å². The van der Waals surface area contributed by atoms with Gasteiger partial charge in [-0.25, -0.2) is 4.79 Å². The highest BCUT2D eigenvalue weighted by Gasteiger charge is 2.45. The zero-order chi connectivity index (χ0) is 17.0. The van der Waals surface area contributed by atoms with E-state index in [4.69, 9.17) is 9.47 Å². The molecule has 6 heteroatoms. The van der Waals surface area contributed by atoms with Crippen molar-refractivity contribution in [3.05, 3.63) is 35.9 Å². The SMILES string of the molecule is O=C(OCc1ccccc1)N1CCCC(COC2CC2)(C(=O)O)C1. The number of ether oxygens (including phenoxy) is 2. The average Bonchev–Trinajstić information content (AvgIpc) is 3.43. The van der Waals surface area contributed by atoms with Crippen LogP contribution < -0.4 is 0 Å². The maximum absolute atomic E-state index is 12.3. The van der Waals surface area contributed by atoms with Crippen molar-refractivity contribution < 1.29 is 24.2 Å². The molecule has 2 aliphatic rings. The first-order valence-corrected chi connectivity index (χ1v) is 8.40. The van der Waals surface area contributed by atoms with Gasteiger partial charge >= 0.3 is 12.1 Å². The molecule has 1 aromatic carbocycles. The lowest BCUT2D eigenvalue weighted by atomic mass is 9.80. The largest absolute Gasteiger partial charge is 0.481 e. The number of rotatable bonds is 6. The number of piperidine rings is 1. The van der Waals surface area contributed by atoms with Gasteiger partial charge in [0.25, 0.3) is 0 Å². The fraction of sp³-hybridized carbons (Fsp3) is 0.556. The second-order valence-corrected chi connectivity index (χ2v) is 6.66. The lowest BCUT2D eigenvalue weighted by molar-refractivity contribution is -0.157. The summed E-state index contributed by atoms with van der Waals surface area (Å²) >= 11 is 0. The van der Waals surface area contributed by atoms with Gasteiger partial charge in [0.05, 0.1) is 12.7 Å². The summed E-state index contributed by atoms with van der Waals surface area (Å²) in [6, 6.07) is 9.43. The van der Waals surface area contributed by atoms with Crippen molar-refractivity contribution in [3.63, 3.8) is 0 Å². The molecule has 3 rings (SSSR count). The van der Waals surface area contributed by atoms with Crippen LogP contribution in [0.5, 0.6) is 0 Å². The van der Waals surface area contributed by atoms with Crippen molar-refractivity contribution in [1.29, 1.82) is 0 Å². The molecule has 1 aromatic rings. The molecule has 2 fully saturated rings. The van der Waals surface area contributed by atoms with Crippen LogP contribution in [0.25, 0.3) is 0 Å². The van der Waals surface area contributed by atoms with Crippen molar-refractivity contribution in [2.75, 3.05) is 19.7 Å². The fourth-order valence-corrected chi connectivity index (χ4v) is 2.96. The van der Waals surface area contributed by atoms with Gasteiger partial charge in [-0.3, -0.25) is 4.79 Å². The Labute approximate surface area is 141 Å². The van der Waals surface area contributed by atoms with Gasteiger partial charge in [-0.15, -0.1) is 0 Å². The molecule has 1 amide bonds. The monoisotopic (exact) mass is 333 g/mol. The summed E-state index contributed by atoms with van der Waals surface area (Å²) in [4.78, 5) is 25.6. The van der Waals surface area contributed by atoms with Crippen molar-refractivity contribution in [2.24, 2.45) is 5.41 Å². The number of carboxylic acids is 1. The number of hydrogen-bond acceptors (Lipinski definition) is 4. The molecule has 0 aromatic heterocycles. The molecule has 0 spiro atoms. The number of nitrogens with zero attached hydrogens (tertiary/aromatic N) is 1. The topological polar surface area (TPSA) is 76.1 Å². The summed E-state index contributed by atoms with van der Waals surface area (Å²) in [5, 5.41) is 9.67. The lowest BCUT2D eigenvalue weighted by Gasteiger charge is -2.39. The molecule has 1 aliphatic heterocycles. The van der Waals surface area contributed by atoms with Crippen LogP contribution in [0.1, 0.15) is 31.2 Å². The summed E-state index contributed by atoms with van der Waals surface area (Å²) in [7, 11) is 0. The highest BCUT2D eigenvalue weighted by atomic mass is 16.6. The number of amides is 1. The second kappa shape index (κ2) is 7.21. The molecule has 0 bridgehead atoms. The van der Waals surface area contributed by atoms with Crippen LogP contribution in [-0.4, -0.2) is 47.9 Å². The molecule has 1 atom stereocenters. The van der Waals surface area contributed by atoms with E-state index in [1.165, 1.54) is 4.90 Å². The Hall–Kier alpha value is -2.08.